The molecule has 36 valence electrons. The van der Waals surface area contributed by atoms with Crippen molar-refractivity contribution >= 4 is 30.1 Å². The smallest absolute Gasteiger partial charge is 1.00 e. The van der Waals surface area contributed by atoms with E-state index in [1.807, 2.05) is 0 Å². The Morgan fingerprint density at radius 3 is 1.29 bits per heavy atom. The molecule has 0 aromatic carbocycles. The molecule has 6 heteroatoms. The van der Waals surface area contributed by atoms with E-state index in [4.69, 9.17) is 15.0 Å². The van der Waals surface area contributed by atoms with Crippen molar-refractivity contribution in [1.29, 1.82) is 0 Å². The van der Waals surface area contributed by atoms with Gasteiger partial charge in [0.25, 0.3) is 0 Å². The maximum Gasteiger partial charge on any atom is 1.00 e. The van der Waals surface area contributed by atoms with E-state index in [-0.39, 0.29) is 85.9 Å². The van der Waals surface area contributed by atoms with Gasteiger partial charge >= 0.3 is 65.3 Å². The molecule has 0 aromatic rings. The molecule has 7 heavy (non-hydrogen) atoms. The molecule has 0 radical (unpaired) electrons. The molecule has 0 bridgehead atoms. The molecule has 0 rings (SSSR count). The zero-order chi connectivity index (χ0) is 3.58. The van der Waals surface area contributed by atoms with Crippen LogP contribution in [0.15, 0.2) is 0 Å². The molecule has 0 aliphatic heterocycles. The Morgan fingerprint density at radius 1 is 1.29 bits per heavy atom. The van der Waals surface area contributed by atoms with Crippen molar-refractivity contribution in [3.05, 3.63) is 0 Å². The first-order valence-corrected chi connectivity index (χ1v) is 0.651. The number of halogens is 1. The summed E-state index contributed by atoms with van der Waals surface area (Å²) in [7, 11) is 0. The summed E-state index contributed by atoms with van der Waals surface area (Å²) in [6.07, 6.45) is -1.83. The Hall–Kier alpha value is 2.00. The van der Waals surface area contributed by atoms with Crippen molar-refractivity contribution in [2.75, 3.05) is 0 Å². The molecule has 0 saturated heterocycles. The molecule has 0 atom stereocenters. The minimum Gasteiger partial charge on any atom is -1.00 e. The standard InChI is InChI=1S/CH2O3.HI.2Na.2H/c2-1(3)4;;;;;/h(H2,2,3,4);1H;;;;/q;;2*+1;2*-1. The van der Waals surface area contributed by atoms with Crippen molar-refractivity contribution < 1.29 is 77.0 Å². The normalized spacial score (nSPS) is 3.43. The average Bonchev–Trinajstić information content (AvgIpc) is 0.811. The van der Waals surface area contributed by atoms with Gasteiger partial charge in [-0.2, -0.15) is 0 Å². The Kier molecular flexibility index (Phi) is 51.6. The van der Waals surface area contributed by atoms with Gasteiger partial charge in [0.2, 0.25) is 0 Å². The Labute approximate surface area is 105 Å². The number of carbonyl (C=O) groups is 1. The van der Waals surface area contributed by atoms with Gasteiger partial charge < -0.3 is 13.1 Å². The van der Waals surface area contributed by atoms with Crippen LogP contribution in [0.2, 0.25) is 0 Å². The Morgan fingerprint density at radius 2 is 1.29 bits per heavy atom. The first kappa shape index (κ1) is 23.0. The number of hydrogen-bond acceptors (Lipinski definition) is 1. The summed E-state index contributed by atoms with van der Waals surface area (Å²) in [6, 6.07) is 0. The quantitative estimate of drug-likeness (QED) is 0.328. The monoisotopic (exact) mass is 238 g/mol. The molecule has 3 nitrogen and oxygen atoms in total. The van der Waals surface area contributed by atoms with Crippen LogP contribution in [-0.2, 0) is 0 Å². The van der Waals surface area contributed by atoms with E-state index >= 15 is 0 Å². The Bertz CT molecular complexity index is 42.8. The second-order valence-electron chi connectivity index (χ2n) is 0.283. The molecule has 0 unspecified atom stereocenters. The first-order chi connectivity index (χ1) is 1.73. The van der Waals surface area contributed by atoms with Crippen LogP contribution >= 0.6 is 24.0 Å². The number of rotatable bonds is 0. The second kappa shape index (κ2) is 15.7. The van der Waals surface area contributed by atoms with Crippen LogP contribution < -0.4 is 59.1 Å². The van der Waals surface area contributed by atoms with E-state index in [2.05, 4.69) is 0 Å². The third-order valence-electron chi connectivity index (χ3n) is 0. The van der Waals surface area contributed by atoms with Crippen LogP contribution in [0.5, 0.6) is 0 Å². The largest absolute Gasteiger partial charge is 1.00 e. The Balaban J connectivity index is -0.00000000450. The van der Waals surface area contributed by atoms with Crippen LogP contribution in [0.25, 0.3) is 0 Å². The van der Waals surface area contributed by atoms with Gasteiger partial charge in [0.05, 0.1) is 0 Å². The summed E-state index contributed by atoms with van der Waals surface area (Å²) < 4.78 is 0. The summed E-state index contributed by atoms with van der Waals surface area (Å²) in [5, 5.41) is 13.9. The SMILES string of the molecule is I.O=C(O)O.[H-].[H-].[Na+].[Na+]. The third kappa shape index (κ3) is 72.0. The fraction of sp³-hybridized carbons (Fsp3) is 0. The van der Waals surface area contributed by atoms with Gasteiger partial charge in [-0.15, -0.1) is 24.0 Å². The third-order valence-corrected chi connectivity index (χ3v) is 0. The molecule has 0 aliphatic rings. The van der Waals surface area contributed by atoms with Crippen molar-refractivity contribution in [1.82, 2.24) is 0 Å². The van der Waals surface area contributed by atoms with Crippen molar-refractivity contribution in [3.8, 4) is 0 Å². The fourth-order valence-electron chi connectivity index (χ4n) is 0. The summed E-state index contributed by atoms with van der Waals surface area (Å²) in [4.78, 5) is 8.56. The molecule has 0 heterocycles. The van der Waals surface area contributed by atoms with E-state index in [9.17, 15) is 0 Å². The number of carboxylic acid groups (broad SMARTS) is 2. The van der Waals surface area contributed by atoms with Gasteiger partial charge in [-0.05, 0) is 0 Å². The molecule has 0 aromatic heterocycles. The van der Waals surface area contributed by atoms with Gasteiger partial charge in [0.15, 0.2) is 0 Å². The van der Waals surface area contributed by atoms with Crippen LogP contribution in [0.1, 0.15) is 2.85 Å². The van der Waals surface area contributed by atoms with E-state index in [0.29, 0.717) is 0 Å². The first-order valence-electron chi connectivity index (χ1n) is 0.651. The van der Waals surface area contributed by atoms with Gasteiger partial charge in [0.1, 0.15) is 0 Å². The minimum atomic E-state index is -1.83. The fourth-order valence-corrected chi connectivity index (χ4v) is 0. The summed E-state index contributed by atoms with van der Waals surface area (Å²) >= 11 is 0. The van der Waals surface area contributed by atoms with E-state index < -0.39 is 6.16 Å². The predicted octanol–water partition coefficient (Wildman–Crippen LogP) is -4.93. The molecule has 0 aliphatic carbocycles. The zero-order valence-corrected chi connectivity index (χ0v) is 10.5. The molecular formula is CH5INa2O3. The van der Waals surface area contributed by atoms with E-state index in [1.54, 1.807) is 0 Å². The van der Waals surface area contributed by atoms with Crippen LogP contribution in [0.3, 0.4) is 0 Å². The van der Waals surface area contributed by atoms with Gasteiger partial charge in [-0.3, -0.25) is 0 Å². The topological polar surface area (TPSA) is 57.5 Å². The van der Waals surface area contributed by atoms with Gasteiger partial charge in [-0.25, -0.2) is 4.79 Å². The average molecular weight is 238 g/mol. The molecule has 0 saturated carbocycles. The molecule has 0 fully saturated rings. The minimum absolute atomic E-state index is 0. The van der Waals surface area contributed by atoms with E-state index in [1.165, 1.54) is 0 Å². The van der Waals surface area contributed by atoms with Crippen molar-refractivity contribution in [2.24, 2.45) is 0 Å². The van der Waals surface area contributed by atoms with Crippen LogP contribution in [0, 0.1) is 0 Å². The maximum absolute atomic E-state index is 8.56. The molecule has 2 N–H and O–H groups in total. The zero-order valence-electron chi connectivity index (χ0n) is 6.21. The van der Waals surface area contributed by atoms with Gasteiger partial charge in [-0.1, -0.05) is 0 Å². The predicted molar refractivity (Wildman–Crippen MR) is 28.3 cm³/mol. The number of hydrogen-bond donors (Lipinski definition) is 2. The molecular weight excluding hydrogens is 233 g/mol. The maximum atomic E-state index is 8.56. The van der Waals surface area contributed by atoms with E-state index in [0.717, 1.165) is 0 Å². The summed E-state index contributed by atoms with van der Waals surface area (Å²) in [6.45, 7) is 0. The summed E-state index contributed by atoms with van der Waals surface area (Å²) in [5.41, 5.74) is 0. The molecule has 0 amide bonds. The second-order valence-corrected chi connectivity index (χ2v) is 0.283. The summed E-state index contributed by atoms with van der Waals surface area (Å²) in [5.74, 6) is 0. The van der Waals surface area contributed by atoms with Gasteiger partial charge in [0, 0.05) is 0 Å². The van der Waals surface area contributed by atoms with Crippen molar-refractivity contribution in [3.63, 3.8) is 0 Å². The van der Waals surface area contributed by atoms with Crippen LogP contribution in [-0.4, -0.2) is 16.4 Å². The van der Waals surface area contributed by atoms with Crippen LogP contribution in [0.4, 0.5) is 4.79 Å². The van der Waals surface area contributed by atoms with Crippen molar-refractivity contribution in [2.45, 2.75) is 0 Å². The molecule has 0 spiro atoms.